The largest absolute Gasteiger partial charge is 0.496 e. The zero-order valence-corrected chi connectivity index (χ0v) is 20.6. The van der Waals surface area contributed by atoms with Crippen LogP contribution in [-0.2, 0) is 13.0 Å². The van der Waals surface area contributed by atoms with Crippen molar-refractivity contribution in [2.45, 2.75) is 32.2 Å². The molecule has 1 amide bonds. The van der Waals surface area contributed by atoms with Gasteiger partial charge < -0.3 is 19.4 Å². The van der Waals surface area contributed by atoms with E-state index in [9.17, 15) is 4.79 Å². The zero-order chi connectivity index (χ0) is 24.5. The molecule has 4 rings (SSSR count). The van der Waals surface area contributed by atoms with Crippen molar-refractivity contribution in [3.63, 3.8) is 0 Å². The maximum atomic E-state index is 12.5. The number of aromatic nitrogens is 2. The van der Waals surface area contributed by atoms with Gasteiger partial charge in [-0.1, -0.05) is 35.9 Å². The summed E-state index contributed by atoms with van der Waals surface area (Å²) in [6.45, 7) is 2.08. The molecule has 3 aromatic carbocycles. The van der Waals surface area contributed by atoms with Crippen molar-refractivity contribution in [2.75, 3.05) is 20.3 Å². The van der Waals surface area contributed by atoms with Crippen molar-refractivity contribution in [1.82, 2.24) is 14.9 Å². The van der Waals surface area contributed by atoms with E-state index < -0.39 is 0 Å². The average Bonchev–Trinajstić information content (AvgIpc) is 3.24. The van der Waals surface area contributed by atoms with Gasteiger partial charge in [0.15, 0.2) is 0 Å². The van der Waals surface area contributed by atoms with E-state index in [-0.39, 0.29) is 5.91 Å². The first-order valence-corrected chi connectivity index (χ1v) is 12.3. The van der Waals surface area contributed by atoms with Crippen LogP contribution in [0.2, 0.25) is 5.02 Å². The standard InChI is InChI=1S/C28H30ClN3O3/c1-34-26-12-5-2-9-23(26)28(33)30-18-8-13-27-31-24-10-3-4-11-25(24)32(27)19-6-7-20-35-22-16-14-21(29)15-17-22/h2-5,9-12,14-17H,6-8,13,18-20H2,1H3,(H,30,33). The fourth-order valence-corrected chi connectivity index (χ4v) is 4.16. The number of carbonyl (C=O) groups excluding carboxylic acids is 1. The Balaban J connectivity index is 1.29. The van der Waals surface area contributed by atoms with Crippen molar-refractivity contribution in [2.24, 2.45) is 0 Å². The summed E-state index contributed by atoms with van der Waals surface area (Å²) in [6.07, 6.45) is 3.49. The molecule has 0 fully saturated rings. The molecule has 0 aliphatic heterocycles. The number of carbonyl (C=O) groups is 1. The molecule has 182 valence electrons. The third-order valence-corrected chi connectivity index (χ3v) is 6.06. The molecular formula is C28H30ClN3O3. The first kappa shape index (κ1) is 24.6. The second-order valence-corrected chi connectivity index (χ2v) is 8.67. The van der Waals surface area contributed by atoms with Gasteiger partial charge in [0.2, 0.25) is 0 Å². The lowest BCUT2D eigenvalue weighted by atomic mass is 10.2. The van der Waals surface area contributed by atoms with Gasteiger partial charge in [-0.15, -0.1) is 0 Å². The Kier molecular flexibility index (Phi) is 8.63. The number of amides is 1. The minimum Gasteiger partial charge on any atom is -0.496 e. The zero-order valence-electron chi connectivity index (χ0n) is 19.9. The van der Waals surface area contributed by atoms with E-state index >= 15 is 0 Å². The molecule has 35 heavy (non-hydrogen) atoms. The molecule has 0 aliphatic carbocycles. The summed E-state index contributed by atoms with van der Waals surface area (Å²) in [6, 6.07) is 22.9. The maximum absolute atomic E-state index is 12.5. The molecular weight excluding hydrogens is 462 g/mol. The minimum atomic E-state index is -0.128. The number of hydrogen-bond acceptors (Lipinski definition) is 4. The summed E-state index contributed by atoms with van der Waals surface area (Å²) in [5.74, 6) is 2.32. The first-order chi connectivity index (χ1) is 17.2. The Morgan fingerprint density at radius 2 is 1.74 bits per heavy atom. The Hall–Kier alpha value is -3.51. The Morgan fingerprint density at radius 1 is 0.971 bits per heavy atom. The number of benzene rings is 3. The van der Waals surface area contributed by atoms with Gasteiger partial charge in [0.1, 0.15) is 17.3 Å². The van der Waals surface area contributed by atoms with E-state index in [1.54, 1.807) is 19.2 Å². The molecule has 1 aromatic heterocycles. The number of ether oxygens (including phenoxy) is 2. The average molecular weight is 492 g/mol. The van der Waals surface area contributed by atoms with Gasteiger partial charge in [0.25, 0.3) is 5.91 Å². The van der Waals surface area contributed by atoms with Crippen LogP contribution in [0.5, 0.6) is 11.5 Å². The number of rotatable bonds is 12. The van der Waals surface area contributed by atoms with E-state index in [0.29, 0.717) is 29.5 Å². The molecule has 0 saturated heterocycles. The molecule has 0 atom stereocenters. The number of aryl methyl sites for hydroxylation is 2. The third-order valence-electron chi connectivity index (χ3n) is 5.81. The highest BCUT2D eigenvalue weighted by Crippen LogP contribution is 2.20. The van der Waals surface area contributed by atoms with Crippen molar-refractivity contribution >= 4 is 28.5 Å². The topological polar surface area (TPSA) is 65.4 Å². The lowest BCUT2D eigenvalue weighted by molar-refractivity contribution is 0.0950. The molecule has 0 aliphatic rings. The van der Waals surface area contributed by atoms with Gasteiger partial charge in [-0.25, -0.2) is 4.98 Å². The van der Waals surface area contributed by atoms with Crippen molar-refractivity contribution in [1.29, 1.82) is 0 Å². The van der Waals surface area contributed by atoms with Gasteiger partial charge in [0, 0.05) is 24.5 Å². The number of para-hydroxylation sites is 3. The summed E-state index contributed by atoms with van der Waals surface area (Å²) in [5, 5.41) is 3.70. The van der Waals surface area contributed by atoms with E-state index in [1.807, 2.05) is 54.6 Å². The van der Waals surface area contributed by atoms with Crippen LogP contribution in [0, 0.1) is 0 Å². The van der Waals surface area contributed by atoms with Crippen LogP contribution in [0.1, 0.15) is 35.4 Å². The molecule has 1 N–H and O–H groups in total. The quantitative estimate of drug-likeness (QED) is 0.250. The fourth-order valence-electron chi connectivity index (χ4n) is 4.03. The second kappa shape index (κ2) is 12.3. The summed E-state index contributed by atoms with van der Waals surface area (Å²) in [4.78, 5) is 17.4. The molecule has 0 radical (unpaired) electrons. The molecule has 0 unspecified atom stereocenters. The maximum Gasteiger partial charge on any atom is 0.255 e. The van der Waals surface area contributed by atoms with Gasteiger partial charge in [0.05, 0.1) is 30.3 Å². The van der Waals surface area contributed by atoms with Crippen molar-refractivity contribution < 1.29 is 14.3 Å². The van der Waals surface area contributed by atoms with Crippen molar-refractivity contribution in [3.05, 3.63) is 89.2 Å². The molecule has 6 nitrogen and oxygen atoms in total. The molecule has 1 heterocycles. The predicted molar refractivity (Wildman–Crippen MR) is 140 cm³/mol. The summed E-state index contributed by atoms with van der Waals surface area (Å²) >= 11 is 5.93. The van der Waals surface area contributed by atoms with Gasteiger partial charge in [-0.05, 0) is 67.8 Å². The number of nitrogens with zero attached hydrogens (tertiary/aromatic N) is 2. The third kappa shape index (κ3) is 6.55. The van der Waals surface area contributed by atoms with Crippen molar-refractivity contribution in [3.8, 4) is 11.5 Å². The highest BCUT2D eigenvalue weighted by Gasteiger charge is 2.12. The number of fused-ring (bicyclic) bond motifs is 1. The number of nitrogens with one attached hydrogen (secondary N) is 1. The van der Waals surface area contributed by atoms with Crippen LogP contribution in [0.15, 0.2) is 72.8 Å². The minimum absolute atomic E-state index is 0.128. The summed E-state index contributed by atoms with van der Waals surface area (Å²) < 4.78 is 13.4. The smallest absolute Gasteiger partial charge is 0.255 e. The first-order valence-electron chi connectivity index (χ1n) is 11.9. The van der Waals surface area contributed by atoms with Crippen LogP contribution in [0.3, 0.4) is 0 Å². The Bertz CT molecular complexity index is 1250. The highest BCUT2D eigenvalue weighted by atomic mass is 35.5. The molecule has 0 saturated carbocycles. The summed E-state index contributed by atoms with van der Waals surface area (Å²) in [5.41, 5.74) is 2.68. The highest BCUT2D eigenvalue weighted by molar-refractivity contribution is 6.30. The monoisotopic (exact) mass is 491 g/mol. The normalized spacial score (nSPS) is 10.9. The van der Waals surface area contributed by atoms with Crippen LogP contribution in [0.25, 0.3) is 11.0 Å². The number of unbranched alkanes of at least 4 members (excludes halogenated alkanes) is 1. The molecule has 0 bridgehead atoms. The number of imidazole rings is 1. The molecule has 0 spiro atoms. The number of hydrogen-bond donors (Lipinski definition) is 1. The van der Waals surface area contributed by atoms with Crippen LogP contribution in [-0.4, -0.2) is 35.7 Å². The van der Waals surface area contributed by atoms with Crippen LogP contribution in [0.4, 0.5) is 0 Å². The summed E-state index contributed by atoms with van der Waals surface area (Å²) in [7, 11) is 1.57. The van der Waals surface area contributed by atoms with Crippen LogP contribution >= 0.6 is 11.6 Å². The van der Waals surface area contributed by atoms with E-state index in [1.165, 1.54) is 0 Å². The lowest BCUT2D eigenvalue weighted by Crippen LogP contribution is -2.25. The predicted octanol–water partition coefficient (Wildman–Crippen LogP) is 5.92. The Morgan fingerprint density at radius 3 is 2.57 bits per heavy atom. The SMILES string of the molecule is COc1ccccc1C(=O)NCCCc1nc2ccccc2n1CCCCOc1ccc(Cl)cc1. The van der Waals surface area contributed by atoms with E-state index in [4.69, 9.17) is 26.1 Å². The van der Waals surface area contributed by atoms with Crippen LogP contribution < -0.4 is 14.8 Å². The molecule has 7 heteroatoms. The fraction of sp³-hybridized carbons (Fsp3) is 0.286. The van der Waals surface area contributed by atoms with Gasteiger partial charge in [-0.2, -0.15) is 0 Å². The number of halogens is 1. The van der Waals surface area contributed by atoms with Gasteiger partial charge in [-0.3, -0.25) is 4.79 Å². The second-order valence-electron chi connectivity index (χ2n) is 8.24. The Labute approximate surface area is 210 Å². The lowest BCUT2D eigenvalue weighted by Gasteiger charge is -2.11. The van der Waals surface area contributed by atoms with E-state index in [0.717, 1.165) is 54.8 Å². The van der Waals surface area contributed by atoms with E-state index in [2.05, 4.69) is 16.0 Å². The van der Waals surface area contributed by atoms with Gasteiger partial charge >= 0.3 is 0 Å². The number of methoxy groups -OCH3 is 1. The molecule has 4 aromatic rings.